The average Bonchev–Trinajstić information content (AvgIpc) is 2.52. The summed E-state index contributed by atoms with van der Waals surface area (Å²) in [5, 5.41) is 3.50. The number of amides is 1. The molecule has 2 aromatic rings. The van der Waals surface area contributed by atoms with Crippen molar-refractivity contribution in [1.82, 2.24) is 0 Å². The first-order valence-corrected chi connectivity index (χ1v) is 9.56. The summed E-state index contributed by atoms with van der Waals surface area (Å²) in [4.78, 5) is 12.6. The molecule has 3 nitrogen and oxygen atoms in total. The van der Waals surface area contributed by atoms with Crippen LogP contribution in [0.15, 0.2) is 48.5 Å². The van der Waals surface area contributed by atoms with Gasteiger partial charge < -0.3 is 5.32 Å². The highest BCUT2D eigenvalue weighted by molar-refractivity contribution is 7.83. The number of nitrogens with one attached hydrogen (secondary N) is 1. The number of hydrogen-bond donors (Lipinski definition) is 1. The average molecular weight is 350 g/mol. The van der Waals surface area contributed by atoms with E-state index in [9.17, 15) is 9.00 Å². The van der Waals surface area contributed by atoms with Gasteiger partial charge in [0.25, 0.3) is 0 Å². The number of anilines is 1. The van der Waals surface area contributed by atoms with Gasteiger partial charge in [-0.05, 0) is 35.7 Å². The smallest absolute Gasteiger partial charge is 0.231 e. The van der Waals surface area contributed by atoms with Crippen molar-refractivity contribution >= 4 is 34.0 Å². The van der Waals surface area contributed by atoms with Gasteiger partial charge in [-0.1, -0.05) is 48.9 Å². The van der Waals surface area contributed by atoms with E-state index in [1.54, 1.807) is 24.5 Å². The number of hydrogen-bond acceptors (Lipinski definition) is 2. The van der Waals surface area contributed by atoms with Crippen molar-refractivity contribution in [3.63, 3.8) is 0 Å². The van der Waals surface area contributed by atoms with Crippen LogP contribution in [0.4, 0.5) is 5.69 Å². The lowest BCUT2D eigenvalue weighted by atomic mass is 9.95. The Labute approximate surface area is 144 Å². The van der Waals surface area contributed by atoms with Crippen molar-refractivity contribution in [2.45, 2.75) is 25.0 Å². The summed E-state index contributed by atoms with van der Waals surface area (Å²) in [6, 6.07) is 15.0. The summed E-state index contributed by atoms with van der Waals surface area (Å²) in [6.45, 7) is 1.99. The van der Waals surface area contributed by atoms with Crippen LogP contribution in [0.1, 0.15) is 30.4 Å². The molecule has 1 amide bonds. The van der Waals surface area contributed by atoms with Crippen LogP contribution < -0.4 is 5.32 Å². The second kappa shape index (κ2) is 8.27. The fraction of sp³-hybridized carbons (Fsp3) is 0.278. The van der Waals surface area contributed by atoms with E-state index in [2.05, 4.69) is 5.32 Å². The lowest BCUT2D eigenvalue weighted by Crippen LogP contribution is -2.20. The molecule has 0 heterocycles. The van der Waals surface area contributed by atoms with Crippen molar-refractivity contribution in [2.24, 2.45) is 0 Å². The van der Waals surface area contributed by atoms with E-state index >= 15 is 0 Å². The van der Waals surface area contributed by atoms with Gasteiger partial charge in [0.05, 0.1) is 5.92 Å². The highest BCUT2D eigenvalue weighted by atomic mass is 35.5. The lowest BCUT2D eigenvalue weighted by molar-refractivity contribution is -0.117. The molecule has 2 aromatic carbocycles. The van der Waals surface area contributed by atoms with Gasteiger partial charge in [0.15, 0.2) is 0 Å². The zero-order chi connectivity index (χ0) is 16.8. The van der Waals surface area contributed by atoms with E-state index in [1.165, 1.54) is 0 Å². The van der Waals surface area contributed by atoms with Gasteiger partial charge in [-0.3, -0.25) is 9.00 Å². The molecule has 0 aliphatic heterocycles. The zero-order valence-corrected chi connectivity index (χ0v) is 14.8. The van der Waals surface area contributed by atoms with Gasteiger partial charge in [-0.25, -0.2) is 0 Å². The molecule has 2 unspecified atom stereocenters. The fourth-order valence-electron chi connectivity index (χ4n) is 2.47. The molecule has 0 radical (unpaired) electrons. The summed E-state index contributed by atoms with van der Waals surface area (Å²) in [7, 11) is -0.985. The summed E-state index contributed by atoms with van der Waals surface area (Å²) in [5.41, 5.74) is 2.45. The standard InChI is InChI=1S/C18H20ClNO2S/c1-3-16(13-7-5-4-6-8-13)18(21)20-15-9-10-17(19)14(11-15)12-23(2)22/h4-11,16H,3,12H2,1-2H3,(H,20,21). The molecule has 0 aliphatic carbocycles. The van der Waals surface area contributed by atoms with Crippen LogP contribution >= 0.6 is 11.6 Å². The van der Waals surface area contributed by atoms with E-state index in [0.29, 0.717) is 16.5 Å². The Balaban J connectivity index is 2.17. The minimum atomic E-state index is -0.985. The molecule has 0 aromatic heterocycles. The number of carbonyl (C=O) groups excluding carboxylic acids is 1. The molecule has 0 bridgehead atoms. The maximum atomic E-state index is 12.6. The van der Waals surface area contributed by atoms with Crippen LogP contribution in [0.25, 0.3) is 0 Å². The first-order valence-electron chi connectivity index (χ1n) is 7.45. The van der Waals surface area contributed by atoms with E-state index in [4.69, 9.17) is 11.6 Å². The van der Waals surface area contributed by atoms with Crippen LogP contribution in [-0.2, 0) is 21.3 Å². The van der Waals surface area contributed by atoms with Crippen molar-refractivity contribution in [3.8, 4) is 0 Å². The number of rotatable bonds is 6. The Hall–Kier alpha value is -1.65. The van der Waals surface area contributed by atoms with Crippen LogP contribution in [0.3, 0.4) is 0 Å². The maximum Gasteiger partial charge on any atom is 0.231 e. The Morgan fingerprint density at radius 3 is 2.52 bits per heavy atom. The third-order valence-electron chi connectivity index (χ3n) is 3.60. The van der Waals surface area contributed by atoms with Gasteiger partial charge in [-0.15, -0.1) is 0 Å². The van der Waals surface area contributed by atoms with Gasteiger partial charge in [0, 0.05) is 33.5 Å². The molecule has 0 saturated heterocycles. The Morgan fingerprint density at radius 1 is 1.22 bits per heavy atom. The monoisotopic (exact) mass is 349 g/mol. The largest absolute Gasteiger partial charge is 0.326 e. The molecular formula is C18H20ClNO2S. The fourth-order valence-corrected chi connectivity index (χ4v) is 3.41. The van der Waals surface area contributed by atoms with Gasteiger partial charge >= 0.3 is 0 Å². The molecule has 0 fully saturated rings. The van der Waals surface area contributed by atoms with Gasteiger partial charge in [0.2, 0.25) is 5.91 Å². The van der Waals surface area contributed by atoms with Crippen molar-refractivity contribution in [3.05, 3.63) is 64.7 Å². The molecule has 1 N–H and O–H groups in total. The number of carbonyl (C=O) groups is 1. The molecular weight excluding hydrogens is 330 g/mol. The number of halogens is 1. The zero-order valence-electron chi connectivity index (χ0n) is 13.2. The Bertz CT molecular complexity index is 703. The highest BCUT2D eigenvalue weighted by Gasteiger charge is 2.18. The quantitative estimate of drug-likeness (QED) is 0.842. The molecule has 5 heteroatoms. The van der Waals surface area contributed by atoms with Gasteiger partial charge in [-0.2, -0.15) is 0 Å². The molecule has 23 heavy (non-hydrogen) atoms. The molecule has 0 saturated carbocycles. The second-order valence-electron chi connectivity index (χ2n) is 5.38. The van der Waals surface area contributed by atoms with E-state index in [-0.39, 0.29) is 11.8 Å². The van der Waals surface area contributed by atoms with Crippen LogP contribution in [0, 0.1) is 0 Å². The normalized spacial score (nSPS) is 13.3. The molecule has 2 rings (SSSR count). The first kappa shape index (κ1) is 17.7. The SMILES string of the molecule is CCC(C(=O)Nc1ccc(Cl)c(CS(C)=O)c1)c1ccccc1. The second-order valence-corrected chi connectivity index (χ2v) is 7.23. The molecule has 0 spiro atoms. The van der Waals surface area contributed by atoms with E-state index < -0.39 is 10.8 Å². The summed E-state index contributed by atoms with van der Waals surface area (Å²) < 4.78 is 11.4. The minimum absolute atomic E-state index is 0.0513. The summed E-state index contributed by atoms with van der Waals surface area (Å²) >= 11 is 6.12. The van der Waals surface area contributed by atoms with E-state index in [0.717, 1.165) is 17.5 Å². The topological polar surface area (TPSA) is 46.2 Å². The summed E-state index contributed by atoms with van der Waals surface area (Å²) in [5.74, 6) is 0.124. The van der Waals surface area contributed by atoms with Crippen LogP contribution in [0.2, 0.25) is 5.02 Å². The lowest BCUT2D eigenvalue weighted by Gasteiger charge is -2.16. The van der Waals surface area contributed by atoms with Crippen LogP contribution in [0.5, 0.6) is 0 Å². The molecule has 0 aliphatic rings. The number of benzene rings is 2. The predicted molar refractivity (Wildman–Crippen MR) is 97.3 cm³/mol. The highest BCUT2D eigenvalue weighted by Crippen LogP contribution is 2.25. The van der Waals surface area contributed by atoms with Crippen LogP contribution in [-0.4, -0.2) is 16.4 Å². The van der Waals surface area contributed by atoms with E-state index in [1.807, 2.05) is 37.3 Å². The third kappa shape index (κ3) is 4.91. The first-order chi connectivity index (χ1) is 11.0. The summed E-state index contributed by atoms with van der Waals surface area (Å²) in [6.07, 6.45) is 2.35. The van der Waals surface area contributed by atoms with Crippen molar-refractivity contribution in [2.75, 3.05) is 11.6 Å². The maximum absolute atomic E-state index is 12.6. The predicted octanol–water partition coefficient (Wildman–Crippen LogP) is 4.35. The van der Waals surface area contributed by atoms with Crippen molar-refractivity contribution in [1.29, 1.82) is 0 Å². The Morgan fingerprint density at radius 2 is 1.91 bits per heavy atom. The third-order valence-corrected chi connectivity index (χ3v) is 4.68. The Kier molecular flexibility index (Phi) is 6.37. The molecule has 122 valence electrons. The molecule has 2 atom stereocenters. The minimum Gasteiger partial charge on any atom is -0.326 e. The van der Waals surface area contributed by atoms with Gasteiger partial charge in [0.1, 0.15) is 0 Å². The van der Waals surface area contributed by atoms with Crippen molar-refractivity contribution < 1.29 is 9.00 Å².